The Bertz CT molecular complexity index is 1290. The lowest BCUT2D eigenvalue weighted by Gasteiger charge is -2.37. The summed E-state index contributed by atoms with van der Waals surface area (Å²) in [7, 11) is 1.92. The fourth-order valence-electron chi connectivity index (χ4n) is 4.75. The fraction of sp³-hybridized carbons (Fsp3) is 0.367. The average molecular weight is 518 g/mol. The molecule has 0 saturated carbocycles. The number of pyridine rings is 1. The molecule has 4 rings (SSSR count). The fourth-order valence-corrected chi connectivity index (χ4v) is 4.75. The largest absolute Gasteiger partial charge is 0.478 e. The molecule has 0 radical (unpaired) electrons. The summed E-state index contributed by atoms with van der Waals surface area (Å²) in [5, 5.41) is 19.5. The van der Waals surface area contributed by atoms with E-state index >= 15 is 0 Å². The Morgan fingerprint density at radius 1 is 1.18 bits per heavy atom. The van der Waals surface area contributed by atoms with E-state index in [4.69, 9.17) is 4.74 Å². The van der Waals surface area contributed by atoms with Crippen LogP contribution in [0.2, 0.25) is 0 Å². The molecule has 2 aromatic carbocycles. The lowest BCUT2D eigenvalue weighted by molar-refractivity contribution is 0.0325. The van der Waals surface area contributed by atoms with E-state index in [-0.39, 0.29) is 42.0 Å². The van der Waals surface area contributed by atoms with E-state index in [2.05, 4.69) is 4.98 Å². The zero-order valence-corrected chi connectivity index (χ0v) is 22.3. The van der Waals surface area contributed by atoms with E-state index in [1.807, 2.05) is 75.2 Å². The molecule has 38 heavy (non-hydrogen) atoms. The molecule has 3 atom stereocenters. The first-order valence-electron chi connectivity index (χ1n) is 12.8. The van der Waals surface area contributed by atoms with Crippen molar-refractivity contribution in [2.45, 2.75) is 39.5 Å². The van der Waals surface area contributed by atoms with Gasteiger partial charge in [-0.05, 0) is 44.2 Å². The highest BCUT2D eigenvalue weighted by molar-refractivity contribution is 5.98. The van der Waals surface area contributed by atoms with Crippen molar-refractivity contribution in [2.75, 3.05) is 26.7 Å². The van der Waals surface area contributed by atoms with Crippen LogP contribution in [-0.4, -0.2) is 75.8 Å². The number of hydrogen-bond acceptors (Lipinski definition) is 6. The Morgan fingerprint density at radius 3 is 2.58 bits per heavy atom. The maximum Gasteiger partial charge on any atom is 0.336 e. The molecule has 8 nitrogen and oxygen atoms in total. The van der Waals surface area contributed by atoms with E-state index in [0.717, 1.165) is 16.7 Å². The van der Waals surface area contributed by atoms with Gasteiger partial charge in [-0.1, -0.05) is 55.0 Å². The van der Waals surface area contributed by atoms with Crippen LogP contribution in [-0.2, 0) is 6.54 Å². The molecule has 1 amide bonds. The van der Waals surface area contributed by atoms with Crippen molar-refractivity contribution in [1.29, 1.82) is 0 Å². The third-order valence-corrected chi connectivity index (χ3v) is 7.09. The van der Waals surface area contributed by atoms with Crippen LogP contribution in [0.4, 0.5) is 0 Å². The van der Waals surface area contributed by atoms with Crippen molar-refractivity contribution in [3.05, 3.63) is 83.0 Å². The van der Waals surface area contributed by atoms with Crippen LogP contribution in [0, 0.1) is 12.8 Å². The second-order valence-electron chi connectivity index (χ2n) is 10.2. The Balaban J connectivity index is 1.65. The summed E-state index contributed by atoms with van der Waals surface area (Å²) in [5.74, 6) is -0.995. The van der Waals surface area contributed by atoms with Crippen molar-refractivity contribution < 1.29 is 24.5 Å². The number of aromatic carboxylic acids is 1. The minimum absolute atomic E-state index is 0.0724. The van der Waals surface area contributed by atoms with Gasteiger partial charge in [0.15, 0.2) is 0 Å². The molecule has 0 unspecified atom stereocenters. The van der Waals surface area contributed by atoms with Gasteiger partial charge in [0.25, 0.3) is 5.91 Å². The predicted octanol–water partition coefficient (Wildman–Crippen LogP) is 4.11. The molecule has 0 saturated heterocycles. The SMILES string of the molecule is Cc1ccc(-c2cnc3c(c2)C(=O)N([C@@H](C)CO)C[C@H](C)[C@@H](CN(C)Cc2ccccc2C(=O)O)O3)cc1. The average Bonchev–Trinajstić information content (AvgIpc) is 2.90. The van der Waals surface area contributed by atoms with Crippen molar-refractivity contribution in [3.8, 4) is 17.0 Å². The first-order chi connectivity index (χ1) is 18.2. The Morgan fingerprint density at radius 2 is 1.89 bits per heavy atom. The van der Waals surface area contributed by atoms with Crippen LogP contribution >= 0.6 is 0 Å². The highest BCUT2D eigenvalue weighted by Crippen LogP contribution is 2.30. The summed E-state index contributed by atoms with van der Waals surface area (Å²) >= 11 is 0. The molecule has 0 aliphatic carbocycles. The number of hydrogen-bond donors (Lipinski definition) is 2. The number of likely N-dealkylation sites (N-methyl/N-ethyl adjacent to an activating group) is 1. The number of carboxylic acids is 1. The molecule has 2 heterocycles. The minimum atomic E-state index is -0.959. The number of aliphatic hydroxyl groups excluding tert-OH is 1. The first kappa shape index (κ1) is 27.3. The van der Waals surface area contributed by atoms with E-state index in [1.165, 1.54) is 0 Å². The van der Waals surface area contributed by atoms with Crippen LogP contribution in [0.3, 0.4) is 0 Å². The zero-order chi connectivity index (χ0) is 27.4. The lowest BCUT2D eigenvalue weighted by Crippen LogP contribution is -2.49. The van der Waals surface area contributed by atoms with E-state index in [9.17, 15) is 19.8 Å². The van der Waals surface area contributed by atoms with Gasteiger partial charge in [-0.3, -0.25) is 9.69 Å². The monoisotopic (exact) mass is 517 g/mol. The van der Waals surface area contributed by atoms with Gasteiger partial charge in [0.1, 0.15) is 11.7 Å². The quantitative estimate of drug-likeness (QED) is 0.464. The molecule has 0 fully saturated rings. The maximum atomic E-state index is 13.7. The summed E-state index contributed by atoms with van der Waals surface area (Å²) < 4.78 is 6.40. The number of amides is 1. The topological polar surface area (TPSA) is 103 Å². The number of nitrogens with zero attached hydrogens (tertiary/aromatic N) is 3. The molecule has 3 aromatic rings. The molecule has 200 valence electrons. The third kappa shape index (κ3) is 6.03. The number of benzene rings is 2. The van der Waals surface area contributed by atoms with Crippen LogP contribution in [0.1, 0.15) is 45.7 Å². The van der Waals surface area contributed by atoms with Crippen molar-refractivity contribution in [3.63, 3.8) is 0 Å². The number of aromatic nitrogens is 1. The lowest BCUT2D eigenvalue weighted by atomic mass is 9.98. The van der Waals surface area contributed by atoms with Gasteiger partial charge in [0.2, 0.25) is 5.88 Å². The minimum Gasteiger partial charge on any atom is -0.478 e. The van der Waals surface area contributed by atoms with Gasteiger partial charge < -0.3 is 19.8 Å². The van der Waals surface area contributed by atoms with Crippen LogP contribution < -0.4 is 4.74 Å². The number of aryl methyl sites for hydroxylation is 1. The maximum absolute atomic E-state index is 13.7. The highest BCUT2D eigenvalue weighted by atomic mass is 16.5. The third-order valence-electron chi connectivity index (χ3n) is 7.09. The molecule has 1 aliphatic rings. The number of aliphatic hydroxyl groups is 1. The van der Waals surface area contributed by atoms with E-state index in [0.29, 0.717) is 30.8 Å². The summed E-state index contributed by atoms with van der Waals surface area (Å²) in [4.78, 5) is 33.6. The van der Waals surface area contributed by atoms with Crippen molar-refractivity contribution >= 4 is 11.9 Å². The molecule has 0 bridgehead atoms. The second kappa shape index (κ2) is 11.8. The Labute approximate surface area is 223 Å². The smallest absolute Gasteiger partial charge is 0.336 e. The number of carboxylic acid groups (broad SMARTS) is 1. The number of carbonyl (C=O) groups excluding carboxylic acids is 1. The number of ether oxygens (including phenoxy) is 1. The molecule has 1 aliphatic heterocycles. The molecule has 1 aromatic heterocycles. The van der Waals surface area contributed by atoms with E-state index < -0.39 is 5.97 Å². The number of fused-ring (bicyclic) bond motifs is 1. The van der Waals surface area contributed by atoms with Crippen LogP contribution in [0.25, 0.3) is 11.1 Å². The zero-order valence-electron chi connectivity index (χ0n) is 22.3. The molecular formula is C30H35N3O5. The predicted molar refractivity (Wildman–Crippen MR) is 145 cm³/mol. The van der Waals surface area contributed by atoms with E-state index in [1.54, 1.807) is 23.2 Å². The number of carbonyl (C=O) groups is 2. The molecule has 8 heteroatoms. The first-order valence-corrected chi connectivity index (χ1v) is 12.8. The normalized spacial score (nSPS) is 18.4. The van der Waals surface area contributed by atoms with Gasteiger partial charge in [-0.2, -0.15) is 0 Å². The van der Waals surface area contributed by atoms with Crippen LogP contribution in [0.5, 0.6) is 5.88 Å². The van der Waals surface area contributed by atoms with Gasteiger partial charge >= 0.3 is 5.97 Å². The van der Waals surface area contributed by atoms with Gasteiger partial charge in [-0.25, -0.2) is 9.78 Å². The summed E-state index contributed by atoms with van der Waals surface area (Å²) in [6.45, 7) is 7.03. The Kier molecular flexibility index (Phi) is 8.44. The standard InChI is InChI=1S/C30H35N3O5/c1-19-9-11-22(12-10-19)24-13-26-28(31-14-24)38-27(20(2)15-33(29(26)35)21(3)18-34)17-32(4)16-23-7-5-6-8-25(23)30(36)37/h5-14,20-21,27,34H,15-18H2,1-4H3,(H,36,37)/t20-,21-,27+/m0/s1. The number of rotatable bonds is 8. The molecule has 2 N–H and O–H groups in total. The molecular weight excluding hydrogens is 482 g/mol. The van der Waals surface area contributed by atoms with Gasteiger partial charge in [0.05, 0.1) is 18.2 Å². The highest BCUT2D eigenvalue weighted by Gasteiger charge is 2.34. The summed E-state index contributed by atoms with van der Waals surface area (Å²) in [5.41, 5.74) is 4.25. The van der Waals surface area contributed by atoms with Gasteiger partial charge in [0, 0.05) is 37.3 Å². The second-order valence-corrected chi connectivity index (χ2v) is 10.2. The van der Waals surface area contributed by atoms with Crippen molar-refractivity contribution in [1.82, 2.24) is 14.8 Å². The van der Waals surface area contributed by atoms with Crippen LogP contribution in [0.15, 0.2) is 60.8 Å². The van der Waals surface area contributed by atoms with Crippen molar-refractivity contribution in [2.24, 2.45) is 5.92 Å². The summed E-state index contributed by atoms with van der Waals surface area (Å²) in [6.07, 6.45) is 1.39. The molecule has 0 spiro atoms. The summed E-state index contributed by atoms with van der Waals surface area (Å²) in [6, 6.07) is 16.4. The van der Waals surface area contributed by atoms with Gasteiger partial charge in [-0.15, -0.1) is 0 Å². The Hall–Kier alpha value is -3.75.